The Hall–Kier alpha value is -1.18. The molecular formula is C9H14BN3O2S. The summed E-state index contributed by atoms with van der Waals surface area (Å²) in [5, 5.41) is 24.7. The largest absolute Gasteiger partial charge is 0.507 e. The van der Waals surface area contributed by atoms with E-state index < -0.39 is 7.12 Å². The molecule has 16 heavy (non-hydrogen) atoms. The number of nitrogens with zero attached hydrogens (tertiary/aromatic N) is 3. The van der Waals surface area contributed by atoms with Gasteiger partial charge in [-0.05, 0) is 6.07 Å². The lowest BCUT2D eigenvalue weighted by Gasteiger charge is -1.96. The van der Waals surface area contributed by atoms with Gasteiger partial charge in [-0.1, -0.05) is 13.8 Å². The third-order valence-electron chi connectivity index (χ3n) is 1.83. The number of hydrogen-bond donors (Lipinski definition) is 2. The van der Waals surface area contributed by atoms with Crippen LogP contribution in [-0.4, -0.2) is 31.9 Å². The SMILES string of the molecule is CC.Cn1nc(-c2nccs2)cc1B(O)O. The van der Waals surface area contributed by atoms with Gasteiger partial charge in [-0.2, -0.15) is 5.10 Å². The van der Waals surface area contributed by atoms with E-state index in [9.17, 15) is 0 Å². The summed E-state index contributed by atoms with van der Waals surface area (Å²) in [4.78, 5) is 4.08. The van der Waals surface area contributed by atoms with Crippen LogP contribution in [0.1, 0.15) is 13.8 Å². The Morgan fingerprint density at radius 1 is 1.38 bits per heavy atom. The molecule has 0 radical (unpaired) electrons. The highest BCUT2D eigenvalue weighted by Gasteiger charge is 2.18. The number of aryl methyl sites for hydroxylation is 1. The van der Waals surface area contributed by atoms with Crippen LogP contribution in [0.4, 0.5) is 0 Å². The van der Waals surface area contributed by atoms with Gasteiger partial charge < -0.3 is 10.0 Å². The van der Waals surface area contributed by atoms with Crippen LogP contribution in [0.25, 0.3) is 10.7 Å². The number of aromatic nitrogens is 3. The zero-order valence-corrected chi connectivity index (χ0v) is 10.3. The van der Waals surface area contributed by atoms with Gasteiger partial charge in [0.05, 0.1) is 5.59 Å². The molecule has 0 aliphatic carbocycles. The molecule has 0 spiro atoms. The molecule has 2 aromatic heterocycles. The van der Waals surface area contributed by atoms with E-state index in [-0.39, 0.29) is 0 Å². The van der Waals surface area contributed by atoms with Crippen molar-refractivity contribution in [2.75, 3.05) is 0 Å². The van der Waals surface area contributed by atoms with Crippen molar-refractivity contribution in [1.82, 2.24) is 14.8 Å². The first-order chi connectivity index (χ1) is 7.68. The molecule has 86 valence electrons. The molecule has 0 unspecified atom stereocenters. The quantitative estimate of drug-likeness (QED) is 0.737. The predicted molar refractivity (Wildman–Crippen MR) is 65.5 cm³/mol. The molecule has 0 saturated carbocycles. The maximum absolute atomic E-state index is 8.99. The van der Waals surface area contributed by atoms with E-state index in [1.165, 1.54) is 16.0 Å². The topological polar surface area (TPSA) is 71.2 Å². The monoisotopic (exact) mass is 239 g/mol. The summed E-state index contributed by atoms with van der Waals surface area (Å²) < 4.78 is 1.43. The Labute approximate surface area is 98.5 Å². The van der Waals surface area contributed by atoms with Crippen LogP contribution >= 0.6 is 11.3 Å². The standard InChI is InChI=1S/C7H8BN3O2S.C2H6/c1-11-6(8(12)13)4-5(10-11)7-9-2-3-14-7;1-2/h2-4,12-13H,1H3;1-2H3. The lowest BCUT2D eigenvalue weighted by Crippen LogP contribution is -2.35. The summed E-state index contributed by atoms with van der Waals surface area (Å²) in [6.45, 7) is 4.00. The summed E-state index contributed by atoms with van der Waals surface area (Å²) in [5.41, 5.74) is 1.01. The maximum atomic E-state index is 8.99. The Bertz CT molecular complexity index is 428. The average molecular weight is 239 g/mol. The Morgan fingerprint density at radius 3 is 2.50 bits per heavy atom. The van der Waals surface area contributed by atoms with E-state index in [0.29, 0.717) is 11.3 Å². The molecule has 0 bridgehead atoms. The molecule has 0 aliphatic rings. The lowest BCUT2D eigenvalue weighted by molar-refractivity contribution is 0.421. The highest BCUT2D eigenvalue weighted by molar-refractivity contribution is 7.13. The first-order valence-corrected chi connectivity index (χ1v) is 5.86. The first-order valence-electron chi connectivity index (χ1n) is 4.98. The number of rotatable bonds is 2. The number of thiazole rings is 1. The molecular weight excluding hydrogens is 225 g/mol. The van der Waals surface area contributed by atoms with Gasteiger partial charge in [-0.3, -0.25) is 4.68 Å². The second kappa shape index (κ2) is 5.79. The fraction of sp³-hybridized carbons (Fsp3) is 0.333. The van der Waals surface area contributed by atoms with E-state index in [1.807, 2.05) is 19.2 Å². The van der Waals surface area contributed by atoms with Crippen molar-refractivity contribution in [1.29, 1.82) is 0 Å². The molecule has 0 atom stereocenters. The van der Waals surface area contributed by atoms with Crippen LogP contribution in [0.5, 0.6) is 0 Å². The summed E-state index contributed by atoms with van der Waals surface area (Å²) in [7, 11) is 0.160. The Balaban J connectivity index is 0.000000606. The van der Waals surface area contributed by atoms with Crippen LogP contribution < -0.4 is 5.59 Å². The lowest BCUT2D eigenvalue weighted by atomic mass is 9.86. The first kappa shape index (κ1) is 12.9. The third kappa shape index (κ3) is 2.69. The van der Waals surface area contributed by atoms with Crippen LogP contribution in [0.15, 0.2) is 17.6 Å². The van der Waals surface area contributed by atoms with Crippen molar-refractivity contribution in [2.24, 2.45) is 7.05 Å². The van der Waals surface area contributed by atoms with E-state index >= 15 is 0 Å². The van der Waals surface area contributed by atoms with Gasteiger partial charge in [0.15, 0.2) is 0 Å². The second-order valence-electron chi connectivity index (χ2n) is 2.79. The molecule has 5 nitrogen and oxygen atoms in total. The van der Waals surface area contributed by atoms with Crippen molar-refractivity contribution < 1.29 is 10.0 Å². The minimum atomic E-state index is -1.50. The highest BCUT2D eigenvalue weighted by Crippen LogP contribution is 2.17. The van der Waals surface area contributed by atoms with E-state index in [0.717, 1.165) is 5.01 Å². The van der Waals surface area contributed by atoms with Gasteiger partial charge in [-0.25, -0.2) is 4.98 Å². The molecule has 2 N–H and O–H groups in total. The van der Waals surface area contributed by atoms with Crippen LogP contribution in [0.2, 0.25) is 0 Å². The van der Waals surface area contributed by atoms with Crippen LogP contribution in [0, 0.1) is 0 Å². The molecule has 0 aromatic carbocycles. The summed E-state index contributed by atoms with van der Waals surface area (Å²) in [6.07, 6.45) is 1.68. The molecule has 7 heteroatoms. The second-order valence-corrected chi connectivity index (χ2v) is 3.68. The van der Waals surface area contributed by atoms with Crippen LogP contribution in [-0.2, 0) is 7.05 Å². The molecule has 2 heterocycles. The summed E-state index contributed by atoms with van der Waals surface area (Å²) in [5.74, 6) is 0. The normalized spacial score (nSPS) is 9.56. The smallest absolute Gasteiger partial charge is 0.422 e. The van der Waals surface area contributed by atoms with Crippen molar-refractivity contribution in [3.05, 3.63) is 17.6 Å². The highest BCUT2D eigenvalue weighted by atomic mass is 32.1. The Kier molecular flexibility index (Phi) is 4.66. The van der Waals surface area contributed by atoms with Gasteiger partial charge in [-0.15, -0.1) is 11.3 Å². The number of hydrogen-bond acceptors (Lipinski definition) is 5. The molecule has 2 rings (SSSR count). The molecule has 0 aliphatic heterocycles. The van der Waals surface area contributed by atoms with E-state index in [2.05, 4.69) is 10.1 Å². The molecule has 2 aromatic rings. The van der Waals surface area contributed by atoms with E-state index in [1.54, 1.807) is 19.3 Å². The van der Waals surface area contributed by atoms with Crippen molar-refractivity contribution >= 4 is 24.0 Å². The van der Waals surface area contributed by atoms with E-state index in [4.69, 9.17) is 10.0 Å². The zero-order chi connectivity index (χ0) is 12.1. The van der Waals surface area contributed by atoms with Gasteiger partial charge in [0.1, 0.15) is 10.7 Å². The van der Waals surface area contributed by atoms with Crippen molar-refractivity contribution in [3.8, 4) is 10.7 Å². The van der Waals surface area contributed by atoms with Gasteiger partial charge in [0.2, 0.25) is 0 Å². The molecule has 0 fully saturated rings. The summed E-state index contributed by atoms with van der Waals surface area (Å²) >= 11 is 1.46. The minimum absolute atomic E-state index is 0.357. The average Bonchev–Trinajstić information content (AvgIpc) is 2.88. The Morgan fingerprint density at radius 2 is 2.06 bits per heavy atom. The van der Waals surface area contributed by atoms with Gasteiger partial charge >= 0.3 is 7.12 Å². The fourth-order valence-electron chi connectivity index (χ4n) is 1.18. The molecule has 0 saturated heterocycles. The fourth-order valence-corrected chi connectivity index (χ4v) is 1.77. The zero-order valence-electron chi connectivity index (χ0n) is 9.45. The molecule has 0 amide bonds. The third-order valence-corrected chi connectivity index (χ3v) is 2.63. The van der Waals surface area contributed by atoms with Crippen molar-refractivity contribution in [2.45, 2.75) is 13.8 Å². The summed E-state index contributed by atoms with van der Waals surface area (Å²) in [6, 6.07) is 1.61. The van der Waals surface area contributed by atoms with Crippen LogP contribution in [0.3, 0.4) is 0 Å². The maximum Gasteiger partial charge on any atom is 0.507 e. The predicted octanol–water partition coefficient (Wildman–Crippen LogP) is 0.250. The van der Waals surface area contributed by atoms with Gasteiger partial charge in [0, 0.05) is 18.6 Å². The minimum Gasteiger partial charge on any atom is -0.422 e. The van der Waals surface area contributed by atoms with Crippen molar-refractivity contribution in [3.63, 3.8) is 0 Å². The van der Waals surface area contributed by atoms with Gasteiger partial charge in [0.25, 0.3) is 0 Å².